The van der Waals surface area contributed by atoms with Crippen LogP contribution >= 0.6 is 0 Å². The van der Waals surface area contributed by atoms with Crippen LogP contribution in [-0.2, 0) is 12.8 Å². The van der Waals surface area contributed by atoms with Crippen LogP contribution in [0.2, 0.25) is 0 Å². The molecule has 0 saturated carbocycles. The quantitative estimate of drug-likeness (QED) is 0.207. The van der Waals surface area contributed by atoms with Crippen LogP contribution < -0.4 is 4.74 Å². The predicted octanol–water partition coefficient (Wildman–Crippen LogP) is 9.24. The second-order valence-corrected chi connectivity index (χ2v) is 9.53. The highest BCUT2D eigenvalue weighted by molar-refractivity contribution is 5.72. The van der Waals surface area contributed by atoms with Gasteiger partial charge in [-0.1, -0.05) is 68.0 Å². The zero-order valence-electron chi connectivity index (χ0n) is 21.3. The van der Waals surface area contributed by atoms with E-state index in [2.05, 4.69) is 43.3 Å². The van der Waals surface area contributed by atoms with Crippen LogP contribution in [0.25, 0.3) is 16.7 Å². The molecular weight excluding hydrogens is 476 g/mol. The van der Waals surface area contributed by atoms with Crippen molar-refractivity contribution < 1.29 is 22.3 Å². The van der Waals surface area contributed by atoms with Crippen molar-refractivity contribution in [2.45, 2.75) is 51.9 Å². The molecule has 0 bridgehead atoms. The number of rotatable bonds is 9. The van der Waals surface area contributed by atoms with Crippen LogP contribution in [-0.4, -0.2) is 7.11 Å². The van der Waals surface area contributed by atoms with Crippen LogP contribution in [0.4, 0.5) is 17.6 Å². The number of ether oxygens (including phenoxy) is 1. The molecule has 3 aromatic carbocycles. The lowest BCUT2D eigenvalue weighted by molar-refractivity contribution is 0.372. The van der Waals surface area contributed by atoms with E-state index in [9.17, 15) is 13.2 Å². The van der Waals surface area contributed by atoms with Gasteiger partial charge in [0.1, 0.15) is 0 Å². The normalized spacial score (nSPS) is 15.7. The van der Waals surface area contributed by atoms with Gasteiger partial charge in [0.05, 0.1) is 7.11 Å². The van der Waals surface area contributed by atoms with Crippen molar-refractivity contribution in [2.75, 3.05) is 7.11 Å². The first-order valence-electron chi connectivity index (χ1n) is 12.9. The fourth-order valence-electron chi connectivity index (χ4n) is 4.88. The summed E-state index contributed by atoms with van der Waals surface area (Å²) in [6.07, 6.45) is 12.8. The molecule has 0 radical (unpaired) electrons. The third-order valence-electron chi connectivity index (χ3n) is 7.01. The molecule has 194 valence electrons. The van der Waals surface area contributed by atoms with E-state index in [4.69, 9.17) is 4.74 Å². The fourth-order valence-corrected chi connectivity index (χ4v) is 4.88. The molecule has 1 aliphatic rings. The maximum Gasteiger partial charge on any atom is 0.201 e. The van der Waals surface area contributed by atoms with Crippen molar-refractivity contribution in [1.29, 1.82) is 0 Å². The highest BCUT2D eigenvalue weighted by atomic mass is 19.2. The first-order valence-corrected chi connectivity index (χ1v) is 12.9. The summed E-state index contributed by atoms with van der Waals surface area (Å²) < 4.78 is 63.3. The van der Waals surface area contributed by atoms with Crippen LogP contribution in [0.5, 0.6) is 5.75 Å². The summed E-state index contributed by atoms with van der Waals surface area (Å²) in [5.74, 6) is -4.67. The Morgan fingerprint density at radius 2 is 1.38 bits per heavy atom. The fraction of sp³-hybridized carbons (Fsp3) is 0.312. The number of methoxy groups -OCH3 is 1. The summed E-state index contributed by atoms with van der Waals surface area (Å²) in [5.41, 5.74) is 2.94. The summed E-state index contributed by atoms with van der Waals surface area (Å²) in [5, 5.41) is 0. The number of aryl methyl sites for hydroxylation is 2. The largest absolute Gasteiger partial charge is 0.494 e. The summed E-state index contributed by atoms with van der Waals surface area (Å²) in [7, 11) is 1.21. The number of hydrogen-bond acceptors (Lipinski definition) is 1. The van der Waals surface area contributed by atoms with Gasteiger partial charge < -0.3 is 4.74 Å². The van der Waals surface area contributed by atoms with Crippen LogP contribution in [0.3, 0.4) is 0 Å². The van der Waals surface area contributed by atoms with Gasteiger partial charge in [-0.25, -0.2) is 13.2 Å². The van der Waals surface area contributed by atoms with E-state index in [1.54, 1.807) is 0 Å². The Balaban J connectivity index is 1.39. The van der Waals surface area contributed by atoms with Gasteiger partial charge in [0, 0.05) is 16.7 Å². The number of allylic oxidation sites excluding steroid dienone is 4. The van der Waals surface area contributed by atoms with Gasteiger partial charge >= 0.3 is 0 Å². The molecule has 37 heavy (non-hydrogen) atoms. The van der Waals surface area contributed by atoms with Gasteiger partial charge in [-0.15, -0.1) is 0 Å². The van der Waals surface area contributed by atoms with Crippen LogP contribution in [0.15, 0.2) is 66.8 Å². The first-order chi connectivity index (χ1) is 17.9. The SMILES string of the molecule is CCCc1ccc(CC/C=C/C2CC=C(c3ccc(-c4ccc(OC)c(F)c4F)c(F)c3F)CC2)cc1. The van der Waals surface area contributed by atoms with Crippen molar-refractivity contribution in [3.8, 4) is 16.9 Å². The van der Waals surface area contributed by atoms with Gasteiger partial charge in [-0.05, 0) is 73.3 Å². The molecule has 0 heterocycles. The Hall–Kier alpha value is -3.34. The molecule has 4 rings (SSSR count). The van der Waals surface area contributed by atoms with E-state index >= 15 is 4.39 Å². The predicted molar refractivity (Wildman–Crippen MR) is 141 cm³/mol. The van der Waals surface area contributed by atoms with E-state index in [-0.39, 0.29) is 22.4 Å². The Bertz CT molecular complexity index is 1290. The van der Waals surface area contributed by atoms with Crippen LogP contribution in [0.1, 0.15) is 55.7 Å². The van der Waals surface area contributed by atoms with E-state index in [1.165, 1.54) is 42.5 Å². The zero-order valence-corrected chi connectivity index (χ0v) is 21.3. The topological polar surface area (TPSA) is 9.23 Å². The molecule has 0 spiro atoms. The molecular formula is C32H32F4O. The molecule has 1 aliphatic carbocycles. The molecule has 0 aromatic heterocycles. The minimum atomic E-state index is -1.27. The minimum Gasteiger partial charge on any atom is -0.494 e. The van der Waals surface area contributed by atoms with Crippen molar-refractivity contribution in [1.82, 2.24) is 0 Å². The molecule has 1 unspecified atom stereocenters. The van der Waals surface area contributed by atoms with Gasteiger partial charge in [-0.2, -0.15) is 4.39 Å². The van der Waals surface area contributed by atoms with Gasteiger partial charge in [0.25, 0.3) is 0 Å². The van der Waals surface area contributed by atoms with Gasteiger partial charge in [0.2, 0.25) is 5.82 Å². The van der Waals surface area contributed by atoms with Crippen LogP contribution in [0, 0.1) is 29.2 Å². The third kappa shape index (κ3) is 6.15. The molecule has 0 fully saturated rings. The molecule has 5 heteroatoms. The highest BCUT2D eigenvalue weighted by Crippen LogP contribution is 2.37. The van der Waals surface area contributed by atoms with Crippen molar-refractivity contribution in [3.05, 3.63) is 107 Å². The average Bonchev–Trinajstić information content (AvgIpc) is 2.91. The Kier molecular flexibility index (Phi) is 8.86. The average molecular weight is 509 g/mol. The molecule has 3 aromatic rings. The number of halogens is 4. The molecule has 0 amide bonds. The molecule has 1 atom stereocenters. The van der Waals surface area contributed by atoms with Crippen molar-refractivity contribution in [3.63, 3.8) is 0 Å². The summed E-state index contributed by atoms with van der Waals surface area (Å²) >= 11 is 0. The lowest BCUT2D eigenvalue weighted by Gasteiger charge is -2.20. The van der Waals surface area contributed by atoms with Crippen molar-refractivity contribution >= 4 is 5.57 Å². The van der Waals surface area contributed by atoms with E-state index in [1.807, 2.05) is 6.08 Å². The zero-order chi connectivity index (χ0) is 26.4. The lowest BCUT2D eigenvalue weighted by atomic mass is 9.85. The third-order valence-corrected chi connectivity index (χ3v) is 7.01. The summed E-state index contributed by atoms with van der Waals surface area (Å²) in [6, 6.07) is 13.9. The molecule has 0 aliphatic heterocycles. The molecule has 0 N–H and O–H groups in total. The van der Waals surface area contributed by atoms with Gasteiger partial charge in [-0.3, -0.25) is 0 Å². The first kappa shape index (κ1) is 26.7. The maximum atomic E-state index is 15.0. The Morgan fingerprint density at radius 3 is 2.00 bits per heavy atom. The maximum absolute atomic E-state index is 15.0. The number of hydrogen-bond donors (Lipinski definition) is 0. The van der Waals surface area contributed by atoms with E-state index in [0.29, 0.717) is 12.3 Å². The Morgan fingerprint density at radius 1 is 0.784 bits per heavy atom. The van der Waals surface area contributed by atoms with E-state index < -0.39 is 23.3 Å². The second-order valence-electron chi connectivity index (χ2n) is 9.53. The monoisotopic (exact) mass is 508 g/mol. The minimum absolute atomic E-state index is 0.171. The molecule has 1 nitrogen and oxygen atoms in total. The number of benzene rings is 3. The standard InChI is InChI=1S/C32H32F4O/c1-3-6-21-9-11-22(12-10-21)7-4-5-8-23-13-15-24(16-14-23)25-17-18-26(30(34)29(25)33)27-19-20-28(37-2)32(36)31(27)35/h5,8-12,15,17-20,23H,3-4,6-7,13-14,16H2,1-2H3/b8-5+. The van der Waals surface area contributed by atoms with Crippen molar-refractivity contribution in [2.24, 2.45) is 5.92 Å². The molecule has 0 saturated heterocycles. The lowest BCUT2D eigenvalue weighted by Crippen LogP contribution is -2.05. The smallest absolute Gasteiger partial charge is 0.201 e. The van der Waals surface area contributed by atoms with E-state index in [0.717, 1.165) is 44.1 Å². The second kappa shape index (κ2) is 12.3. The Labute approximate surface area is 216 Å². The summed E-state index contributed by atoms with van der Waals surface area (Å²) in [4.78, 5) is 0. The summed E-state index contributed by atoms with van der Waals surface area (Å²) in [6.45, 7) is 2.18. The van der Waals surface area contributed by atoms with Gasteiger partial charge in [0.15, 0.2) is 23.2 Å². The highest BCUT2D eigenvalue weighted by Gasteiger charge is 2.23.